The Balaban J connectivity index is 0.000000301. The molecule has 3 saturated heterocycles. The summed E-state index contributed by atoms with van der Waals surface area (Å²) in [6.45, 7) is 8.00. The molecular weight excluding hydrogens is 528 g/mol. The molecule has 4 rings (SSSR count). The molecule has 9 nitrogen and oxygen atoms in total. The average Bonchev–Trinajstić information content (AvgIpc) is 3.42. The fraction of sp³-hybridized carbons (Fsp3) is 0.696. The molecule has 0 aromatic carbocycles. The zero-order valence-corrected chi connectivity index (χ0v) is 20.5. The highest BCUT2D eigenvalue weighted by atomic mass is 19.4. The molecule has 1 aromatic heterocycles. The van der Waals surface area contributed by atoms with E-state index in [1.807, 2.05) is 18.5 Å². The standard InChI is InChI=1S/C19H29N3O2.2C2HF3O2/c1-2-9-21(8-1)14-18-5-6-19(24-18)15-22(10-11-23-16-19)13-17-4-3-7-20-12-17;2*3-2(4,5)1(6)7/h3-4,7,12,18H,1-2,5-6,8-11,13-16H2;2*(H,6,7). The summed E-state index contributed by atoms with van der Waals surface area (Å²) >= 11 is 0. The summed E-state index contributed by atoms with van der Waals surface area (Å²) in [5.74, 6) is -5.51. The fourth-order valence-electron chi connectivity index (χ4n) is 4.37. The van der Waals surface area contributed by atoms with E-state index in [1.54, 1.807) is 0 Å². The first-order chi connectivity index (χ1) is 17.7. The van der Waals surface area contributed by atoms with E-state index < -0.39 is 24.3 Å². The number of pyridine rings is 1. The van der Waals surface area contributed by atoms with Crippen molar-refractivity contribution in [3.8, 4) is 0 Å². The third-order valence-electron chi connectivity index (χ3n) is 6.04. The number of nitrogens with zero attached hydrogens (tertiary/aromatic N) is 3. The smallest absolute Gasteiger partial charge is 0.475 e. The third-order valence-corrected chi connectivity index (χ3v) is 6.04. The van der Waals surface area contributed by atoms with Gasteiger partial charge in [0.25, 0.3) is 0 Å². The highest BCUT2D eigenvalue weighted by Gasteiger charge is 2.43. The molecule has 0 radical (unpaired) electrons. The van der Waals surface area contributed by atoms with E-state index in [0.29, 0.717) is 6.10 Å². The number of hydrogen-bond acceptors (Lipinski definition) is 7. The van der Waals surface area contributed by atoms with Crippen molar-refractivity contribution in [1.29, 1.82) is 0 Å². The number of carbonyl (C=O) groups is 2. The van der Waals surface area contributed by atoms with Crippen LogP contribution in [0.2, 0.25) is 0 Å². The Morgan fingerprint density at radius 1 is 1.03 bits per heavy atom. The zero-order valence-electron chi connectivity index (χ0n) is 20.5. The maximum Gasteiger partial charge on any atom is 0.490 e. The van der Waals surface area contributed by atoms with Gasteiger partial charge >= 0.3 is 24.3 Å². The Bertz CT molecular complexity index is 859. The lowest BCUT2D eigenvalue weighted by Crippen LogP contribution is -2.45. The van der Waals surface area contributed by atoms with E-state index in [1.165, 1.54) is 37.9 Å². The second kappa shape index (κ2) is 14.1. The summed E-state index contributed by atoms with van der Waals surface area (Å²) in [4.78, 5) is 27.1. The van der Waals surface area contributed by atoms with E-state index in [2.05, 4.69) is 20.9 Å². The lowest BCUT2D eigenvalue weighted by Gasteiger charge is -2.32. The van der Waals surface area contributed by atoms with Crippen LogP contribution >= 0.6 is 0 Å². The lowest BCUT2D eigenvalue weighted by atomic mass is 10.00. The van der Waals surface area contributed by atoms with Crippen LogP contribution in [-0.4, -0.2) is 107 Å². The molecule has 0 bridgehead atoms. The first-order valence-electron chi connectivity index (χ1n) is 11.9. The van der Waals surface area contributed by atoms with Crippen LogP contribution in [0.4, 0.5) is 26.3 Å². The number of carboxylic acids is 2. The molecule has 1 spiro atoms. The van der Waals surface area contributed by atoms with Gasteiger partial charge in [0.1, 0.15) is 5.60 Å². The number of aliphatic carboxylic acids is 2. The number of aromatic nitrogens is 1. The number of hydrogen-bond donors (Lipinski definition) is 2. The zero-order chi connectivity index (χ0) is 28.4. The van der Waals surface area contributed by atoms with Crippen LogP contribution in [0.5, 0.6) is 0 Å². The maximum atomic E-state index is 10.6. The molecule has 0 saturated carbocycles. The van der Waals surface area contributed by atoms with Crippen molar-refractivity contribution >= 4 is 11.9 Å². The highest BCUT2D eigenvalue weighted by Crippen LogP contribution is 2.34. The first-order valence-corrected chi connectivity index (χ1v) is 11.9. The van der Waals surface area contributed by atoms with Crippen molar-refractivity contribution in [2.75, 3.05) is 45.9 Å². The number of carboxylic acid groups (broad SMARTS) is 2. The predicted molar refractivity (Wildman–Crippen MR) is 120 cm³/mol. The maximum absolute atomic E-state index is 10.6. The summed E-state index contributed by atoms with van der Waals surface area (Å²) in [7, 11) is 0. The monoisotopic (exact) mass is 559 g/mol. The number of ether oxygens (including phenoxy) is 2. The minimum absolute atomic E-state index is 0.108. The summed E-state index contributed by atoms with van der Waals surface area (Å²) < 4.78 is 76.0. The van der Waals surface area contributed by atoms with Gasteiger partial charge in [-0.05, 0) is 50.4 Å². The predicted octanol–water partition coefficient (Wildman–Crippen LogP) is 3.19. The van der Waals surface area contributed by atoms with E-state index in [4.69, 9.17) is 29.3 Å². The lowest BCUT2D eigenvalue weighted by molar-refractivity contribution is -0.193. The van der Waals surface area contributed by atoms with Gasteiger partial charge in [0.05, 0.1) is 19.3 Å². The molecule has 1 aromatic rings. The number of halogens is 6. The van der Waals surface area contributed by atoms with Gasteiger partial charge < -0.3 is 24.6 Å². The molecule has 38 heavy (non-hydrogen) atoms. The molecule has 3 fully saturated rings. The molecule has 0 aliphatic carbocycles. The van der Waals surface area contributed by atoms with Crippen LogP contribution in [0.15, 0.2) is 24.5 Å². The van der Waals surface area contributed by atoms with Gasteiger partial charge in [-0.15, -0.1) is 0 Å². The molecule has 2 unspecified atom stereocenters. The molecule has 216 valence electrons. The minimum Gasteiger partial charge on any atom is -0.475 e. The van der Waals surface area contributed by atoms with Crippen LogP contribution < -0.4 is 0 Å². The van der Waals surface area contributed by atoms with Gasteiger partial charge in [0.2, 0.25) is 0 Å². The van der Waals surface area contributed by atoms with Crippen molar-refractivity contribution in [1.82, 2.24) is 14.8 Å². The molecule has 3 aliphatic rings. The van der Waals surface area contributed by atoms with Crippen LogP contribution in [0, 0.1) is 0 Å². The summed E-state index contributed by atoms with van der Waals surface area (Å²) in [5.41, 5.74) is 1.16. The number of alkyl halides is 6. The highest BCUT2D eigenvalue weighted by molar-refractivity contribution is 5.73. The fourth-order valence-corrected chi connectivity index (χ4v) is 4.37. The van der Waals surface area contributed by atoms with Gasteiger partial charge in [0.15, 0.2) is 0 Å². The Kier molecular flexibility index (Phi) is 11.7. The molecule has 4 heterocycles. The third kappa shape index (κ3) is 11.1. The van der Waals surface area contributed by atoms with Crippen LogP contribution in [0.1, 0.15) is 31.2 Å². The second-order valence-electron chi connectivity index (χ2n) is 9.20. The molecule has 15 heteroatoms. The van der Waals surface area contributed by atoms with Gasteiger partial charge in [-0.25, -0.2) is 9.59 Å². The number of likely N-dealkylation sites (tertiary alicyclic amines) is 1. The molecular formula is C23H31F6N3O6. The Morgan fingerprint density at radius 3 is 2.16 bits per heavy atom. The van der Waals surface area contributed by atoms with Crippen molar-refractivity contribution in [3.05, 3.63) is 30.1 Å². The van der Waals surface area contributed by atoms with Crippen molar-refractivity contribution in [2.24, 2.45) is 0 Å². The normalized spacial score (nSPS) is 24.6. The molecule has 2 N–H and O–H groups in total. The van der Waals surface area contributed by atoms with Crippen molar-refractivity contribution in [3.63, 3.8) is 0 Å². The van der Waals surface area contributed by atoms with Crippen LogP contribution in [0.25, 0.3) is 0 Å². The quantitative estimate of drug-likeness (QED) is 0.537. The average molecular weight is 560 g/mol. The second-order valence-corrected chi connectivity index (χ2v) is 9.20. The minimum atomic E-state index is -5.08. The van der Waals surface area contributed by atoms with E-state index in [0.717, 1.165) is 45.8 Å². The van der Waals surface area contributed by atoms with Gasteiger partial charge in [0, 0.05) is 38.6 Å². The first kappa shape index (κ1) is 31.7. The van der Waals surface area contributed by atoms with Gasteiger partial charge in [-0.3, -0.25) is 9.88 Å². The van der Waals surface area contributed by atoms with E-state index in [-0.39, 0.29) is 5.60 Å². The Hall–Kier alpha value is -2.49. The molecule has 3 aliphatic heterocycles. The van der Waals surface area contributed by atoms with Crippen molar-refractivity contribution in [2.45, 2.75) is 56.3 Å². The number of rotatable bonds is 4. The topological polar surface area (TPSA) is 112 Å². The molecule has 2 atom stereocenters. The molecule has 0 amide bonds. The van der Waals surface area contributed by atoms with E-state index >= 15 is 0 Å². The SMILES string of the molecule is O=C(O)C(F)(F)F.O=C(O)C(F)(F)F.c1cncc(CN2CCOCC3(CCC(CN4CCCC4)O3)C2)c1. The van der Waals surface area contributed by atoms with Crippen LogP contribution in [0.3, 0.4) is 0 Å². The summed E-state index contributed by atoms with van der Waals surface area (Å²) in [6.07, 6.45) is -1.01. The largest absolute Gasteiger partial charge is 0.490 e. The summed E-state index contributed by atoms with van der Waals surface area (Å²) in [5, 5.41) is 14.2. The van der Waals surface area contributed by atoms with Crippen LogP contribution in [-0.2, 0) is 25.6 Å². The van der Waals surface area contributed by atoms with Gasteiger partial charge in [-0.2, -0.15) is 26.3 Å². The van der Waals surface area contributed by atoms with Gasteiger partial charge in [-0.1, -0.05) is 6.07 Å². The Labute approximate surface area is 215 Å². The van der Waals surface area contributed by atoms with Crippen molar-refractivity contribution < 1.29 is 55.6 Å². The van der Waals surface area contributed by atoms with E-state index in [9.17, 15) is 26.3 Å². The Morgan fingerprint density at radius 2 is 1.63 bits per heavy atom. The summed E-state index contributed by atoms with van der Waals surface area (Å²) in [6, 6.07) is 4.16.